The quantitative estimate of drug-likeness (QED) is 0.837. The Hall–Kier alpha value is -1.40. The number of carbonyl (C=O) groups is 1. The number of aromatic amines is 1. The van der Waals surface area contributed by atoms with Crippen LogP contribution in [-0.2, 0) is 11.3 Å². The summed E-state index contributed by atoms with van der Waals surface area (Å²) < 4.78 is 2.33. The van der Waals surface area contributed by atoms with Gasteiger partial charge < -0.3 is 14.9 Å². The zero-order valence-electron chi connectivity index (χ0n) is 9.16. The number of aromatic nitrogens is 3. The minimum atomic E-state index is -0.0322. The van der Waals surface area contributed by atoms with Gasteiger partial charge in [-0.25, -0.2) is 4.98 Å². The number of rotatable bonds is 3. The van der Waals surface area contributed by atoms with Crippen LogP contribution in [-0.4, -0.2) is 27.5 Å². The van der Waals surface area contributed by atoms with E-state index >= 15 is 0 Å². The molecule has 7 heteroatoms. The molecule has 5 nitrogen and oxygen atoms in total. The summed E-state index contributed by atoms with van der Waals surface area (Å²) in [5.41, 5.74) is 1.49. The highest BCUT2D eigenvalue weighted by molar-refractivity contribution is 7.71. The fourth-order valence-electron chi connectivity index (χ4n) is 1.56. The van der Waals surface area contributed by atoms with E-state index in [-0.39, 0.29) is 5.91 Å². The highest BCUT2D eigenvalue weighted by atomic mass is 35.5. The van der Waals surface area contributed by atoms with E-state index in [2.05, 4.69) is 15.3 Å². The second kappa shape index (κ2) is 4.85. The van der Waals surface area contributed by atoms with Gasteiger partial charge in [0.1, 0.15) is 0 Å². The maximum Gasteiger partial charge on any atom is 0.221 e. The molecule has 90 valence electrons. The summed E-state index contributed by atoms with van der Waals surface area (Å²) in [4.78, 5) is 18.4. The van der Waals surface area contributed by atoms with Gasteiger partial charge in [0.25, 0.3) is 0 Å². The first-order chi connectivity index (χ1) is 8.11. The molecule has 2 N–H and O–H groups in total. The second-order valence-corrected chi connectivity index (χ2v) is 4.35. The van der Waals surface area contributed by atoms with E-state index in [1.165, 1.54) is 0 Å². The lowest BCUT2D eigenvalue weighted by Gasteiger charge is -2.02. The molecule has 0 aliphatic rings. The van der Waals surface area contributed by atoms with Crippen molar-refractivity contribution in [3.05, 3.63) is 22.1 Å². The summed E-state index contributed by atoms with van der Waals surface area (Å²) >= 11 is 11.0. The van der Waals surface area contributed by atoms with E-state index in [9.17, 15) is 4.79 Å². The number of pyridine rings is 1. The number of halogens is 1. The summed E-state index contributed by atoms with van der Waals surface area (Å²) in [5, 5.41) is 3.11. The number of hydrogen-bond acceptors (Lipinski definition) is 3. The average molecular weight is 271 g/mol. The Morgan fingerprint density at radius 3 is 3.18 bits per heavy atom. The number of nitrogens with one attached hydrogen (secondary N) is 2. The Balaban J connectivity index is 2.36. The molecule has 0 saturated carbocycles. The topological polar surface area (TPSA) is 62.7 Å². The van der Waals surface area contributed by atoms with Gasteiger partial charge in [-0.1, -0.05) is 11.6 Å². The summed E-state index contributed by atoms with van der Waals surface area (Å²) in [5.74, 6) is -0.0322. The van der Waals surface area contributed by atoms with Crippen LogP contribution in [0.3, 0.4) is 0 Å². The first kappa shape index (κ1) is 12.1. The van der Waals surface area contributed by atoms with Crippen molar-refractivity contribution in [2.75, 3.05) is 7.05 Å². The fraction of sp³-hybridized carbons (Fsp3) is 0.300. The monoisotopic (exact) mass is 270 g/mol. The first-order valence-corrected chi connectivity index (χ1v) is 5.85. The molecule has 0 aromatic carbocycles. The van der Waals surface area contributed by atoms with Crippen molar-refractivity contribution in [3.63, 3.8) is 0 Å². The number of hydrogen-bond donors (Lipinski definition) is 2. The Kier molecular flexibility index (Phi) is 3.44. The molecular weight excluding hydrogens is 260 g/mol. The van der Waals surface area contributed by atoms with Crippen molar-refractivity contribution in [3.8, 4) is 0 Å². The Morgan fingerprint density at radius 1 is 1.71 bits per heavy atom. The average Bonchev–Trinajstić information content (AvgIpc) is 2.61. The van der Waals surface area contributed by atoms with Gasteiger partial charge in [0, 0.05) is 26.2 Å². The number of H-pyrrole nitrogens is 1. The zero-order chi connectivity index (χ0) is 12.4. The highest BCUT2D eigenvalue weighted by Crippen LogP contribution is 2.16. The van der Waals surface area contributed by atoms with Crippen LogP contribution in [0, 0.1) is 4.77 Å². The lowest BCUT2D eigenvalue weighted by Crippen LogP contribution is -2.19. The minimum absolute atomic E-state index is 0.0322. The summed E-state index contributed by atoms with van der Waals surface area (Å²) in [7, 11) is 1.61. The molecule has 0 spiro atoms. The van der Waals surface area contributed by atoms with Gasteiger partial charge in [-0.2, -0.15) is 0 Å². The molecule has 0 saturated heterocycles. The summed E-state index contributed by atoms with van der Waals surface area (Å²) in [6.45, 7) is 0.493. The van der Waals surface area contributed by atoms with Crippen LogP contribution in [0.15, 0.2) is 12.3 Å². The number of nitrogens with zero attached hydrogens (tertiary/aromatic N) is 2. The molecule has 0 fully saturated rings. The minimum Gasteiger partial charge on any atom is -0.359 e. The number of aryl methyl sites for hydroxylation is 1. The molecule has 2 rings (SSSR count). The van der Waals surface area contributed by atoms with Crippen LogP contribution < -0.4 is 5.32 Å². The molecule has 0 radical (unpaired) electrons. The third-order valence-corrected chi connectivity index (χ3v) is 2.95. The molecule has 0 aliphatic carbocycles. The van der Waals surface area contributed by atoms with E-state index < -0.39 is 0 Å². The van der Waals surface area contributed by atoms with Crippen molar-refractivity contribution < 1.29 is 4.79 Å². The lowest BCUT2D eigenvalue weighted by molar-refractivity contribution is -0.120. The predicted molar refractivity (Wildman–Crippen MR) is 68.6 cm³/mol. The van der Waals surface area contributed by atoms with Crippen LogP contribution >= 0.6 is 23.8 Å². The van der Waals surface area contributed by atoms with Crippen molar-refractivity contribution in [2.24, 2.45) is 0 Å². The van der Waals surface area contributed by atoms with E-state index in [4.69, 9.17) is 23.8 Å². The Labute approximate surface area is 108 Å². The Bertz CT molecular complexity index is 618. The van der Waals surface area contributed by atoms with Crippen LogP contribution in [0.2, 0.25) is 5.02 Å². The van der Waals surface area contributed by atoms with Crippen molar-refractivity contribution in [2.45, 2.75) is 13.0 Å². The molecule has 2 aromatic heterocycles. The van der Waals surface area contributed by atoms with Gasteiger partial charge in [0.05, 0.1) is 10.5 Å². The second-order valence-electron chi connectivity index (χ2n) is 3.53. The van der Waals surface area contributed by atoms with Gasteiger partial charge in [0.2, 0.25) is 5.91 Å². The van der Waals surface area contributed by atoms with Gasteiger partial charge in [-0.05, 0) is 18.3 Å². The first-order valence-electron chi connectivity index (χ1n) is 5.06. The van der Waals surface area contributed by atoms with Crippen LogP contribution in [0.25, 0.3) is 11.2 Å². The molecule has 1 amide bonds. The normalized spacial score (nSPS) is 10.7. The van der Waals surface area contributed by atoms with Crippen molar-refractivity contribution >= 4 is 40.9 Å². The summed E-state index contributed by atoms with van der Waals surface area (Å²) in [6, 6.07) is 1.76. The molecule has 2 aromatic rings. The van der Waals surface area contributed by atoms with E-state index in [0.717, 1.165) is 5.52 Å². The van der Waals surface area contributed by atoms with Crippen LogP contribution in [0.5, 0.6) is 0 Å². The third kappa shape index (κ3) is 2.48. The third-order valence-electron chi connectivity index (χ3n) is 2.42. The smallest absolute Gasteiger partial charge is 0.221 e. The van der Waals surface area contributed by atoms with Gasteiger partial charge in [-0.3, -0.25) is 4.79 Å². The molecule has 0 atom stereocenters. The largest absolute Gasteiger partial charge is 0.359 e. The molecule has 17 heavy (non-hydrogen) atoms. The molecular formula is C10H11ClN4OS. The fourth-order valence-corrected chi connectivity index (χ4v) is 2.01. The standard InChI is InChI=1S/C10H11ClN4OS/c1-12-8(16)2-3-15-9-7(14-10(15)17)4-6(11)5-13-9/h4-5H,2-3H2,1H3,(H,12,16)(H,14,17). The highest BCUT2D eigenvalue weighted by Gasteiger charge is 2.07. The molecule has 0 bridgehead atoms. The van der Waals surface area contributed by atoms with Gasteiger partial charge >= 0.3 is 0 Å². The molecule has 0 unspecified atom stereocenters. The van der Waals surface area contributed by atoms with E-state index in [0.29, 0.717) is 28.4 Å². The maximum absolute atomic E-state index is 11.2. The lowest BCUT2D eigenvalue weighted by atomic mass is 10.4. The predicted octanol–water partition coefficient (Wildman–Crippen LogP) is 1.88. The SMILES string of the molecule is CNC(=O)CCn1c(=S)[nH]c2cc(Cl)cnc21. The van der Waals surface area contributed by atoms with Gasteiger partial charge in [0.15, 0.2) is 10.4 Å². The number of amides is 1. The number of carbonyl (C=O) groups excluding carboxylic acids is 1. The zero-order valence-corrected chi connectivity index (χ0v) is 10.7. The molecule has 2 heterocycles. The van der Waals surface area contributed by atoms with E-state index in [1.54, 1.807) is 23.9 Å². The maximum atomic E-state index is 11.2. The Morgan fingerprint density at radius 2 is 2.47 bits per heavy atom. The number of imidazole rings is 1. The molecule has 0 aliphatic heterocycles. The van der Waals surface area contributed by atoms with Crippen molar-refractivity contribution in [1.82, 2.24) is 19.9 Å². The van der Waals surface area contributed by atoms with Crippen molar-refractivity contribution in [1.29, 1.82) is 0 Å². The summed E-state index contributed by atoms with van der Waals surface area (Å²) in [6.07, 6.45) is 1.92. The van der Waals surface area contributed by atoms with E-state index in [1.807, 2.05) is 0 Å². The van der Waals surface area contributed by atoms with Crippen LogP contribution in [0.1, 0.15) is 6.42 Å². The van der Waals surface area contributed by atoms with Crippen LogP contribution in [0.4, 0.5) is 0 Å². The van der Waals surface area contributed by atoms with Gasteiger partial charge in [-0.15, -0.1) is 0 Å². The number of fused-ring (bicyclic) bond motifs is 1.